The first-order valence-corrected chi connectivity index (χ1v) is 6.10. The highest BCUT2D eigenvalue weighted by Crippen LogP contribution is 2.22. The van der Waals surface area contributed by atoms with Crippen molar-refractivity contribution in [1.82, 2.24) is 10.3 Å². The van der Waals surface area contributed by atoms with Gasteiger partial charge in [0.1, 0.15) is 11.3 Å². The highest BCUT2D eigenvalue weighted by molar-refractivity contribution is 5.94. The Balaban J connectivity index is 2.14. The number of hydrogen-bond donors (Lipinski definition) is 2. The van der Waals surface area contributed by atoms with E-state index in [0.29, 0.717) is 23.8 Å². The van der Waals surface area contributed by atoms with E-state index < -0.39 is 16.6 Å². The molecule has 21 heavy (non-hydrogen) atoms. The molecule has 0 atom stereocenters. The van der Waals surface area contributed by atoms with Gasteiger partial charge in [-0.2, -0.15) is 0 Å². The van der Waals surface area contributed by atoms with Crippen molar-refractivity contribution in [2.75, 3.05) is 0 Å². The van der Waals surface area contributed by atoms with Gasteiger partial charge in [0, 0.05) is 12.6 Å². The number of aromatic nitrogens is 1. The van der Waals surface area contributed by atoms with Crippen LogP contribution < -0.4 is 5.32 Å². The third kappa shape index (κ3) is 3.42. The fourth-order valence-corrected chi connectivity index (χ4v) is 1.92. The van der Waals surface area contributed by atoms with Gasteiger partial charge in [0.2, 0.25) is 5.89 Å². The third-order valence-corrected chi connectivity index (χ3v) is 2.80. The predicted molar refractivity (Wildman–Crippen MR) is 71.8 cm³/mol. The molecule has 1 aromatic carbocycles. The summed E-state index contributed by atoms with van der Waals surface area (Å²) in [5.41, 5.74) is -0.396. The van der Waals surface area contributed by atoms with Gasteiger partial charge in [-0.15, -0.1) is 0 Å². The third-order valence-electron chi connectivity index (χ3n) is 2.80. The molecule has 2 N–H and O–H groups in total. The summed E-state index contributed by atoms with van der Waals surface area (Å²) in [6, 6.07) is 4.16. The lowest BCUT2D eigenvalue weighted by molar-refractivity contribution is -0.385. The predicted octanol–water partition coefficient (Wildman–Crippen LogP) is 1.88. The quantitative estimate of drug-likeness (QED) is 0.616. The number of nitro benzene ring substituents is 1. The van der Waals surface area contributed by atoms with Crippen LogP contribution in [0.4, 0.5) is 5.69 Å². The molecule has 0 aliphatic rings. The lowest BCUT2D eigenvalue weighted by atomic mass is 10.1. The average molecular weight is 291 g/mol. The van der Waals surface area contributed by atoms with Crippen LogP contribution in [0.15, 0.2) is 28.8 Å². The van der Waals surface area contributed by atoms with Gasteiger partial charge < -0.3 is 14.8 Å². The molecule has 0 unspecified atom stereocenters. The van der Waals surface area contributed by atoms with Gasteiger partial charge in [0.25, 0.3) is 5.69 Å². The van der Waals surface area contributed by atoms with E-state index in [1.165, 1.54) is 18.2 Å². The van der Waals surface area contributed by atoms with Crippen LogP contribution in [-0.4, -0.2) is 21.0 Å². The second kappa shape index (κ2) is 6.14. The zero-order valence-corrected chi connectivity index (χ0v) is 11.2. The molecular weight excluding hydrogens is 278 g/mol. The van der Waals surface area contributed by atoms with Crippen LogP contribution in [0.5, 0.6) is 0 Å². The average Bonchev–Trinajstić information content (AvgIpc) is 2.83. The fourth-order valence-electron chi connectivity index (χ4n) is 1.92. The first-order valence-electron chi connectivity index (χ1n) is 6.10. The van der Waals surface area contributed by atoms with E-state index in [2.05, 4.69) is 10.3 Å². The minimum atomic E-state index is -1.33. The number of hydrogen-bond acceptors (Lipinski definition) is 6. The van der Waals surface area contributed by atoms with Gasteiger partial charge in [0.15, 0.2) is 0 Å². The molecule has 0 aliphatic heterocycles. The molecule has 2 aromatic rings. The van der Waals surface area contributed by atoms with Crippen LogP contribution in [-0.2, 0) is 13.1 Å². The lowest BCUT2D eigenvalue weighted by Gasteiger charge is -2.07. The van der Waals surface area contributed by atoms with Crippen LogP contribution in [0.3, 0.4) is 0 Å². The van der Waals surface area contributed by atoms with E-state index in [9.17, 15) is 14.9 Å². The van der Waals surface area contributed by atoms with Crippen molar-refractivity contribution in [3.63, 3.8) is 0 Å². The smallest absolute Gasteiger partial charge is 0.343 e. The highest BCUT2D eigenvalue weighted by atomic mass is 16.6. The number of aromatic carboxylic acids is 1. The van der Waals surface area contributed by atoms with Gasteiger partial charge in [-0.05, 0) is 12.5 Å². The molecule has 0 spiro atoms. The maximum absolute atomic E-state index is 11.2. The summed E-state index contributed by atoms with van der Waals surface area (Å²) in [7, 11) is 0. The lowest BCUT2D eigenvalue weighted by Crippen LogP contribution is -2.16. The number of nitro groups is 1. The number of aryl methyl sites for hydroxylation is 1. The summed E-state index contributed by atoms with van der Waals surface area (Å²) in [6.07, 6.45) is 1.58. The standard InChI is InChI=1S/C13H13N3O5/c1-8-5-15-11(21-8)7-14-6-9-3-2-4-10(16(19)20)12(9)13(17)18/h2-5,14H,6-7H2,1H3,(H,17,18). The van der Waals surface area contributed by atoms with Crippen molar-refractivity contribution in [2.45, 2.75) is 20.0 Å². The fraction of sp³-hybridized carbons (Fsp3) is 0.231. The van der Waals surface area contributed by atoms with Gasteiger partial charge in [-0.3, -0.25) is 10.1 Å². The topological polar surface area (TPSA) is 118 Å². The molecule has 8 heteroatoms. The number of oxazole rings is 1. The maximum Gasteiger partial charge on any atom is 0.343 e. The molecule has 0 fully saturated rings. The molecule has 1 heterocycles. The SMILES string of the molecule is Cc1cnc(CNCc2cccc([N+](=O)[O-])c2C(=O)O)o1. The maximum atomic E-state index is 11.2. The molecule has 0 radical (unpaired) electrons. The Morgan fingerprint density at radius 1 is 1.48 bits per heavy atom. The Kier molecular flexibility index (Phi) is 4.29. The Morgan fingerprint density at radius 3 is 2.81 bits per heavy atom. The van der Waals surface area contributed by atoms with E-state index in [4.69, 9.17) is 9.52 Å². The van der Waals surface area contributed by atoms with Crippen molar-refractivity contribution < 1.29 is 19.2 Å². The van der Waals surface area contributed by atoms with Crippen molar-refractivity contribution >= 4 is 11.7 Å². The number of carbonyl (C=O) groups is 1. The molecule has 0 amide bonds. The first-order chi connectivity index (χ1) is 9.99. The van der Waals surface area contributed by atoms with Crippen molar-refractivity contribution in [3.8, 4) is 0 Å². The summed E-state index contributed by atoms with van der Waals surface area (Å²) >= 11 is 0. The zero-order valence-electron chi connectivity index (χ0n) is 11.2. The second-order valence-corrected chi connectivity index (χ2v) is 4.34. The van der Waals surface area contributed by atoms with Gasteiger partial charge >= 0.3 is 5.97 Å². The molecule has 0 saturated carbocycles. The van der Waals surface area contributed by atoms with Crippen LogP contribution in [0.25, 0.3) is 0 Å². The summed E-state index contributed by atoms with van der Waals surface area (Å²) in [6.45, 7) is 2.22. The highest BCUT2D eigenvalue weighted by Gasteiger charge is 2.23. The molecule has 0 saturated heterocycles. The van der Waals surface area contributed by atoms with E-state index in [-0.39, 0.29) is 12.1 Å². The van der Waals surface area contributed by atoms with Gasteiger partial charge in [-0.1, -0.05) is 12.1 Å². The Bertz CT molecular complexity index is 680. The van der Waals surface area contributed by atoms with Crippen molar-refractivity contribution in [2.24, 2.45) is 0 Å². The van der Waals surface area contributed by atoms with Crippen molar-refractivity contribution in [3.05, 3.63) is 57.3 Å². The second-order valence-electron chi connectivity index (χ2n) is 4.34. The Hall–Kier alpha value is -2.74. The number of carboxylic acid groups (broad SMARTS) is 1. The number of nitrogens with zero attached hydrogens (tertiary/aromatic N) is 2. The first kappa shape index (κ1) is 14.7. The summed E-state index contributed by atoms with van der Waals surface area (Å²) in [5, 5.41) is 23.0. The largest absolute Gasteiger partial charge is 0.477 e. The van der Waals surface area contributed by atoms with Crippen LogP contribution >= 0.6 is 0 Å². The monoisotopic (exact) mass is 291 g/mol. The van der Waals surface area contributed by atoms with Crippen LogP contribution in [0.2, 0.25) is 0 Å². The Labute approximate surface area is 119 Å². The van der Waals surface area contributed by atoms with Gasteiger partial charge in [0.05, 0.1) is 17.7 Å². The minimum absolute atomic E-state index is 0.157. The number of nitrogens with one attached hydrogen (secondary N) is 1. The number of carboxylic acids is 1. The molecule has 8 nitrogen and oxygen atoms in total. The Morgan fingerprint density at radius 2 is 2.24 bits per heavy atom. The number of rotatable bonds is 6. The summed E-state index contributed by atoms with van der Waals surface area (Å²) in [5.74, 6) is -0.186. The normalized spacial score (nSPS) is 10.5. The van der Waals surface area contributed by atoms with E-state index >= 15 is 0 Å². The van der Waals surface area contributed by atoms with E-state index in [1.54, 1.807) is 13.1 Å². The zero-order chi connectivity index (χ0) is 15.4. The molecule has 110 valence electrons. The van der Waals surface area contributed by atoms with Crippen molar-refractivity contribution in [1.29, 1.82) is 0 Å². The number of benzene rings is 1. The van der Waals surface area contributed by atoms with E-state index in [0.717, 1.165) is 0 Å². The molecule has 1 aromatic heterocycles. The van der Waals surface area contributed by atoms with Crippen LogP contribution in [0.1, 0.15) is 27.6 Å². The minimum Gasteiger partial charge on any atom is -0.477 e. The summed E-state index contributed by atoms with van der Waals surface area (Å²) < 4.78 is 5.26. The molecule has 0 bridgehead atoms. The molecule has 2 rings (SSSR count). The van der Waals surface area contributed by atoms with Gasteiger partial charge in [-0.25, -0.2) is 9.78 Å². The van der Waals surface area contributed by atoms with E-state index in [1.807, 2.05) is 0 Å². The molecular formula is C13H13N3O5. The molecule has 0 aliphatic carbocycles. The summed E-state index contributed by atoms with van der Waals surface area (Å²) in [4.78, 5) is 25.4. The van der Waals surface area contributed by atoms with Crippen LogP contribution in [0, 0.1) is 17.0 Å².